The van der Waals surface area contributed by atoms with Gasteiger partial charge in [0.05, 0.1) is 19.4 Å². The number of rotatable bonds is 4. The van der Waals surface area contributed by atoms with Gasteiger partial charge in [0.15, 0.2) is 11.6 Å². The Morgan fingerprint density at radius 1 is 1.56 bits per heavy atom. The summed E-state index contributed by atoms with van der Waals surface area (Å²) in [7, 11) is 0. The maximum absolute atomic E-state index is 13.7. The molecule has 6 nitrogen and oxygen atoms in total. The van der Waals surface area contributed by atoms with E-state index in [1.807, 2.05) is 11.8 Å². The molecular formula is C11H16FN5O. The summed E-state index contributed by atoms with van der Waals surface area (Å²) in [4.78, 5) is 9.81. The molecule has 18 heavy (non-hydrogen) atoms. The Morgan fingerprint density at radius 2 is 2.33 bits per heavy atom. The van der Waals surface area contributed by atoms with Gasteiger partial charge in [-0.05, 0) is 6.42 Å². The number of nitrogens with zero attached hydrogens (tertiary/aromatic N) is 4. The van der Waals surface area contributed by atoms with Gasteiger partial charge < -0.3 is 9.64 Å². The third-order valence-electron chi connectivity index (χ3n) is 2.47. The standard InChI is InChI=1S/C11H16FN5O/c1-2-3-14-16-11-13-8-9(12)10(15-11)17-4-6-18-7-5-17/h3,8H,2,4-7H2,1H3,(H,13,15,16)/b14-3+. The molecule has 0 unspecified atom stereocenters. The molecule has 0 radical (unpaired) electrons. The molecule has 0 aliphatic carbocycles. The molecule has 7 heteroatoms. The zero-order valence-electron chi connectivity index (χ0n) is 10.3. The molecule has 1 aliphatic heterocycles. The Kier molecular flexibility index (Phi) is 4.40. The summed E-state index contributed by atoms with van der Waals surface area (Å²) in [5, 5.41) is 3.91. The van der Waals surface area contributed by atoms with Crippen molar-refractivity contribution in [2.24, 2.45) is 5.10 Å². The first-order chi connectivity index (χ1) is 8.81. The van der Waals surface area contributed by atoms with Crippen molar-refractivity contribution in [2.75, 3.05) is 36.6 Å². The second kappa shape index (κ2) is 6.25. The lowest BCUT2D eigenvalue weighted by atomic mass is 10.4. The fraction of sp³-hybridized carbons (Fsp3) is 0.545. The highest BCUT2D eigenvalue weighted by molar-refractivity contribution is 5.58. The Labute approximate surface area is 105 Å². The average Bonchev–Trinajstić information content (AvgIpc) is 2.42. The fourth-order valence-electron chi connectivity index (χ4n) is 1.60. The smallest absolute Gasteiger partial charge is 0.245 e. The topological polar surface area (TPSA) is 62.6 Å². The first-order valence-corrected chi connectivity index (χ1v) is 5.94. The van der Waals surface area contributed by atoms with Gasteiger partial charge in [-0.25, -0.2) is 14.8 Å². The van der Waals surface area contributed by atoms with E-state index >= 15 is 0 Å². The third-order valence-corrected chi connectivity index (χ3v) is 2.47. The normalized spacial score (nSPS) is 16.2. The molecule has 1 fully saturated rings. The van der Waals surface area contributed by atoms with Crippen LogP contribution < -0.4 is 10.3 Å². The van der Waals surface area contributed by atoms with Crippen molar-refractivity contribution in [2.45, 2.75) is 13.3 Å². The number of hydrogen-bond donors (Lipinski definition) is 1. The van der Waals surface area contributed by atoms with Crippen molar-refractivity contribution >= 4 is 18.0 Å². The van der Waals surface area contributed by atoms with Crippen molar-refractivity contribution < 1.29 is 9.13 Å². The first kappa shape index (κ1) is 12.7. The molecular weight excluding hydrogens is 237 g/mol. The van der Waals surface area contributed by atoms with Crippen molar-refractivity contribution in [3.63, 3.8) is 0 Å². The van der Waals surface area contributed by atoms with Gasteiger partial charge >= 0.3 is 0 Å². The largest absolute Gasteiger partial charge is 0.378 e. The Balaban J connectivity index is 2.12. The summed E-state index contributed by atoms with van der Waals surface area (Å²) < 4.78 is 18.9. The second-order valence-electron chi connectivity index (χ2n) is 3.80. The molecule has 1 saturated heterocycles. The number of hydrogen-bond acceptors (Lipinski definition) is 6. The van der Waals surface area contributed by atoms with E-state index in [0.29, 0.717) is 38.1 Å². The molecule has 2 rings (SSSR count). The third kappa shape index (κ3) is 3.13. The molecule has 0 aromatic carbocycles. The van der Waals surface area contributed by atoms with Crippen LogP contribution in [0.2, 0.25) is 0 Å². The highest BCUT2D eigenvalue weighted by Gasteiger charge is 2.17. The minimum Gasteiger partial charge on any atom is -0.378 e. The van der Waals surface area contributed by atoms with Gasteiger partial charge in [-0.3, -0.25) is 0 Å². The van der Waals surface area contributed by atoms with Gasteiger partial charge in [0.25, 0.3) is 0 Å². The van der Waals surface area contributed by atoms with Gasteiger partial charge in [-0.15, -0.1) is 0 Å². The van der Waals surface area contributed by atoms with Crippen molar-refractivity contribution in [1.29, 1.82) is 0 Å². The molecule has 2 heterocycles. The Hall–Kier alpha value is -1.76. The van der Waals surface area contributed by atoms with Gasteiger partial charge in [0, 0.05) is 19.3 Å². The van der Waals surface area contributed by atoms with Crippen LogP contribution in [0.4, 0.5) is 16.2 Å². The van der Waals surface area contributed by atoms with E-state index in [-0.39, 0.29) is 0 Å². The number of ether oxygens (including phenoxy) is 1. The molecule has 0 saturated carbocycles. The number of hydrazone groups is 1. The Bertz CT molecular complexity index is 420. The van der Waals surface area contributed by atoms with E-state index in [0.717, 1.165) is 12.6 Å². The maximum Gasteiger partial charge on any atom is 0.245 e. The fourth-order valence-corrected chi connectivity index (χ4v) is 1.60. The van der Waals surface area contributed by atoms with E-state index in [1.54, 1.807) is 6.21 Å². The van der Waals surface area contributed by atoms with Crippen molar-refractivity contribution in [3.8, 4) is 0 Å². The molecule has 0 spiro atoms. The van der Waals surface area contributed by atoms with Crippen molar-refractivity contribution in [1.82, 2.24) is 9.97 Å². The lowest BCUT2D eigenvalue weighted by molar-refractivity contribution is 0.122. The highest BCUT2D eigenvalue weighted by atomic mass is 19.1. The predicted octanol–water partition coefficient (Wildman–Crippen LogP) is 1.26. The molecule has 1 aromatic rings. The first-order valence-electron chi connectivity index (χ1n) is 5.94. The molecule has 0 amide bonds. The van der Waals surface area contributed by atoms with Crippen molar-refractivity contribution in [3.05, 3.63) is 12.0 Å². The summed E-state index contributed by atoms with van der Waals surface area (Å²) in [6, 6.07) is 0. The number of anilines is 2. The summed E-state index contributed by atoms with van der Waals surface area (Å²) >= 11 is 0. The van der Waals surface area contributed by atoms with Gasteiger partial charge in [-0.2, -0.15) is 10.1 Å². The molecule has 0 atom stereocenters. The number of nitrogens with one attached hydrogen (secondary N) is 1. The maximum atomic E-state index is 13.7. The minimum absolute atomic E-state index is 0.294. The van der Waals surface area contributed by atoms with Crippen LogP contribution in [0.1, 0.15) is 13.3 Å². The van der Waals surface area contributed by atoms with Crippen LogP contribution in [-0.4, -0.2) is 42.5 Å². The monoisotopic (exact) mass is 253 g/mol. The summed E-state index contributed by atoms with van der Waals surface area (Å²) in [6.07, 6.45) is 3.66. The van der Waals surface area contributed by atoms with E-state index in [4.69, 9.17) is 4.74 Å². The zero-order valence-corrected chi connectivity index (χ0v) is 10.3. The quantitative estimate of drug-likeness (QED) is 0.646. The van der Waals surface area contributed by atoms with E-state index < -0.39 is 5.82 Å². The zero-order chi connectivity index (χ0) is 12.8. The van der Waals surface area contributed by atoms with Crippen LogP contribution in [0, 0.1) is 5.82 Å². The number of morpholine rings is 1. The van der Waals surface area contributed by atoms with Crippen LogP contribution in [0.25, 0.3) is 0 Å². The molecule has 1 aliphatic rings. The van der Waals surface area contributed by atoms with Gasteiger partial charge in [0.2, 0.25) is 5.95 Å². The van der Waals surface area contributed by atoms with Gasteiger partial charge in [0.1, 0.15) is 0 Å². The minimum atomic E-state index is -0.429. The van der Waals surface area contributed by atoms with E-state index in [1.165, 1.54) is 0 Å². The SMILES string of the molecule is CC/C=N/Nc1ncc(F)c(N2CCOCC2)n1. The van der Waals surface area contributed by atoms with Gasteiger partial charge in [-0.1, -0.05) is 6.92 Å². The second-order valence-corrected chi connectivity index (χ2v) is 3.80. The molecule has 1 aromatic heterocycles. The highest BCUT2D eigenvalue weighted by Crippen LogP contribution is 2.18. The van der Waals surface area contributed by atoms with Crippen LogP contribution in [0.3, 0.4) is 0 Å². The molecule has 98 valence electrons. The van der Waals surface area contributed by atoms with Crippen LogP contribution in [-0.2, 0) is 4.74 Å². The van der Waals surface area contributed by atoms with Crippen LogP contribution in [0.5, 0.6) is 0 Å². The predicted molar refractivity (Wildman–Crippen MR) is 67.4 cm³/mol. The molecule has 1 N–H and O–H groups in total. The Morgan fingerprint density at radius 3 is 3.06 bits per heavy atom. The number of halogens is 1. The summed E-state index contributed by atoms with van der Waals surface area (Å²) in [5.41, 5.74) is 2.67. The lowest BCUT2D eigenvalue weighted by Crippen LogP contribution is -2.37. The van der Waals surface area contributed by atoms with E-state index in [9.17, 15) is 4.39 Å². The lowest BCUT2D eigenvalue weighted by Gasteiger charge is -2.27. The summed E-state index contributed by atoms with van der Waals surface area (Å²) in [6.45, 7) is 4.40. The average molecular weight is 253 g/mol. The van der Waals surface area contributed by atoms with E-state index in [2.05, 4.69) is 20.5 Å². The number of aromatic nitrogens is 2. The van der Waals surface area contributed by atoms with Crippen LogP contribution >= 0.6 is 0 Å². The molecule has 0 bridgehead atoms. The summed E-state index contributed by atoms with van der Waals surface area (Å²) in [5.74, 6) is 0.159. The van der Waals surface area contributed by atoms with Crippen LogP contribution in [0.15, 0.2) is 11.3 Å².